The Morgan fingerprint density at radius 2 is 1.78 bits per heavy atom. The third kappa shape index (κ3) is 4.68. The Labute approximate surface area is 136 Å². The Morgan fingerprint density at radius 1 is 1.09 bits per heavy atom. The average Bonchev–Trinajstić information content (AvgIpc) is 2.52. The second-order valence-electron chi connectivity index (χ2n) is 5.71. The van der Waals surface area contributed by atoms with E-state index in [0.29, 0.717) is 5.56 Å². The van der Waals surface area contributed by atoms with Gasteiger partial charge in [0.1, 0.15) is 0 Å². The molecule has 0 radical (unpaired) electrons. The molecule has 1 unspecified atom stereocenters. The number of nitrogens with one attached hydrogen (secondary N) is 1. The van der Waals surface area contributed by atoms with Crippen LogP contribution in [-0.4, -0.2) is 23.5 Å². The van der Waals surface area contributed by atoms with E-state index < -0.39 is 11.9 Å². The number of carboxylic acids is 1. The minimum absolute atomic E-state index is 0.0864. The van der Waals surface area contributed by atoms with Gasteiger partial charge in [0.2, 0.25) is 5.91 Å². The van der Waals surface area contributed by atoms with E-state index in [4.69, 9.17) is 0 Å². The first-order valence-corrected chi connectivity index (χ1v) is 7.58. The van der Waals surface area contributed by atoms with Gasteiger partial charge >= 0.3 is 5.97 Å². The number of amides is 1. The van der Waals surface area contributed by atoms with Gasteiger partial charge in [0.05, 0.1) is 12.3 Å². The lowest BCUT2D eigenvalue weighted by Gasteiger charge is -2.14. The smallest absolute Gasteiger partial charge is 0.312 e. The van der Waals surface area contributed by atoms with E-state index in [1.54, 1.807) is 24.3 Å². The molecule has 0 aliphatic rings. The van der Waals surface area contributed by atoms with Gasteiger partial charge in [-0.25, -0.2) is 0 Å². The van der Waals surface area contributed by atoms with Crippen molar-refractivity contribution in [2.24, 2.45) is 0 Å². The van der Waals surface area contributed by atoms with Crippen LogP contribution in [0.25, 0.3) is 0 Å². The first kappa shape index (κ1) is 16.7. The van der Waals surface area contributed by atoms with Gasteiger partial charge in [-0.05, 0) is 30.5 Å². The summed E-state index contributed by atoms with van der Waals surface area (Å²) in [7, 11) is 0. The fraction of sp³-hybridized carbons (Fsp3) is 0.263. The molecule has 2 rings (SSSR count). The van der Waals surface area contributed by atoms with Gasteiger partial charge in [-0.2, -0.15) is 0 Å². The van der Waals surface area contributed by atoms with Crippen molar-refractivity contribution < 1.29 is 14.7 Å². The van der Waals surface area contributed by atoms with E-state index in [2.05, 4.69) is 5.32 Å². The summed E-state index contributed by atoms with van der Waals surface area (Å²) in [6.45, 7) is 4.03. The van der Waals surface area contributed by atoms with Crippen LogP contribution in [-0.2, 0) is 16.0 Å². The highest BCUT2D eigenvalue weighted by Crippen LogP contribution is 2.15. The molecule has 0 saturated carbocycles. The zero-order valence-electron chi connectivity index (χ0n) is 13.4. The van der Waals surface area contributed by atoms with Crippen LogP contribution in [0.5, 0.6) is 0 Å². The normalized spacial score (nSPS) is 11.7. The Morgan fingerprint density at radius 3 is 2.43 bits per heavy atom. The number of rotatable bonds is 6. The quantitative estimate of drug-likeness (QED) is 0.862. The van der Waals surface area contributed by atoms with Crippen LogP contribution < -0.4 is 5.32 Å². The summed E-state index contributed by atoms with van der Waals surface area (Å²) in [6, 6.07) is 14.9. The molecule has 4 heteroatoms. The SMILES string of the molecule is Cc1ccc(C)c(CC(=O)NCC(C(=O)O)c2ccccc2)c1. The van der Waals surface area contributed by atoms with Crippen molar-refractivity contribution in [1.29, 1.82) is 0 Å². The molecule has 0 aliphatic heterocycles. The second-order valence-corrected chi connectivity index (χ2v) is 5.71. The molecular weight excluding hydrogens is 290 g/mol. The first-order valence-electron chi connectivity index (χ1n) is 7.58. The van der Waals surface area contributed by atoms with E-state index in [-0.39, 0.29) is 18.9 Å². The summed E-state index contributed by atoms with van der Waals surface area (Å²) in [5.41, 5.74) is 3.82. The number of hydrogen-bond acceptors (Lipinski definition) is 2. The lowest BCUT2D eigenvalue weighted by Crippen LogP contribution is -2.32. The van der Waals surface area contributed by atoms with Crippen LogP contribution in [0.2, 0.25) is 0 Å². The van der Waals surface area contributed by atoms with Gasteiger partial charge in [-0.1, -0.05) is 54.1 Å². The molecule has 0 fully saturated rings. The fourth-order valence-electron chi connectivity index (χ4n) is 2.48. The first-order chi connectivity index (χ1) is 11.0. The molecule has 2 N–H and O–H groups in total. The van der Waals surface area contributed by atoms with E-state index >= 15 is 0 Å². The molecule has 120 valence electrons. The van der Waals surface area contributed by atoms with Gasteiger partial charge in [-0.15, -0.1) is 0 Å². The molecule has 0 aliphatic carbocycles. The van der Waals surface area contributed by atoms with Crippen LogP contribution in [0.3, 0.4) is 0 Å². The number of hydrogen-bond donors (Lipinski definition) is 2. The highest BCUT2D eigenvalue weighted by atomic mass is 16.4. The minimum Gasteiger partial charge on any atom is -0.481 e. The molecule has 1 atom stereocenters. The van der Waals surface area contributed by atoms with Crippen LogP contribution in [0.1, 0.15) is 28.2 Å². The summed E-state index contributed by atoms with van der Waals surface area (Å²) in [4.78, 5) is 23.5. The van der Waals surface area contributed by atoms with Crippen LogP contribution in [0.4, 0.5) is 0 Å². The van der Waals surface area contributed by atoms with E-state index in [1.807, 2.05) is 38.1 Å². The van der Waals surface area contributed by atoms with E-state index in [0.717, 1.165) is 16.7 Å². The lowest BCUT2D eigenvalue weighted by atomic mass is 9.99. The van der Waals surface area contributed by atoms with Crippen molar-refractivity contribution in [3.05, 3.63) is 70.8 Å². The number of carboxylic acid groups (broad SMARTS) is 1. The maximum absolute atomic E-state index is 12.1. The van der Waals surface area contributed by atoms with Gasteiger partial charge in [0.25, 0.3) is 0 Å². The topological polar surface area (TPSA) is 66.4 Å². The second kappa shape index (κ2) is 7.58. The summed E-state index contributed by atoms with van der Waals surface area (Å²) >= 11 is 0. The Hall–Kier alpha value is -2.62. The van der Waals surface area contributed by atoms with Crippen molar-refractivity contribution in [2.75, 3.05) is 6.54 Å². The van der Waals surface area contributed by atoms with Crippen molar-refractivity contribution >= 4 is 11.9 Å². The summed E-state index contributed by atoms with van der Waals surface area (Å²) in [5.74, 6) is -1.84. The highest BCUT2D eigenvalue weighted by Gasteiger charge is 2.20. The molecule has 0 aromatic heterocycles. The zero-order chi connectivity index (χ0) is 16.8. The van der Waals surface area contributed by atoms with Crippen LogP contribution in [0.15, 0.2) is 48.5 Å². The Kier molecular flexibility index (Phi) is 5.52. The third-order valence-corrected chi connectivity index (χ3v) is 3.86. The highest BCUT2D eigenvalue weighted by molar-refractivity contribution is 5.81. The maximum atomic E-state index is 12.1. The van der Waals surface area contributed by atoms with Gasteiger partial charge in [0.15, 0.2) is 0 Å². The predicted octanol–water partition coefficient (Wildman–Crippen LogP) is 2.83. The maximum Gasteiger partial charge on any atom is 0.312 e. The summed E-state index contributed by atoms with van der Waals surface area (Å²) < 4.78 is 0. The predicted molar refractivity (Wildman–Crippen MR) is 89.4 cm³/mol. The van der Waals surface area contributed by atoms with Crippen LogP contribution >= 0.6 is 0 Å². The zero-order valence-corrected chi connectivity index (χ0v) is 13.4. The minimum atomic E-state index is -0.941. The molecule has 2 aromatic rings. The summed E-state index contributed by atoms with van der Waals surface area (Å²) in [6.07, 6.45) is 0.259. The van der Waals surface area contributed by atoms with Gasteiger partial charge in [0, 0.05) is 6.54 Å². The molecule has 2 aromatic carbocycles. The monoisotopic (exact) mass is 311 g/mol. The molecule has 0 saturated heterocycles. The molecule has 0 heterocycles. The van der Waals surface area contributed by atoms with Gasteiger partial charge in [-0.3, -0.25) is 9.59 Å². The van der Waals surface area contributed by atoms with Crippen molar-refractivity contribution in [3.8, 4) is 0 Å². The Bertz CT molecular complexity index is 695. The molecule has 23 heavy (non-hydrogen) atoms. The summed E-state index contributed by atoms with van der Waals surface area (Å²) in [5, 5.41) is 12.1. The molecular formula is C19H21NO3. The van der Waals surface area contributed by atoms with E-state index in [9.17, 15) is 14.7 Å². The molecule has 4 nitrogen and oxygen atoms in total. The largest absolute Gasteiger partial charge is 0.481 e. The van der Waals surface area contributed by atoms with Crippen molar-refractivity contribution in [3.63, 3.8) is 0 Å². The molecule has 1 amide bonds. The van der Waals surface area contributed by atoms with Gasteiger partial charge < -0.3 is 10.4 Å². The average molecular weight is 311 g/mol. The van der Waals surface area contributed by atoms with E-state index in [1.165, 1.54) is 0 Å². The number of aliphatic carboxylic acids is 1. The number of carbonyl (C=O) groups excluding carboxylic acids is 1. The molecule has 0 spiro atoms. The van der Waals surface area contributed by atoms with Crippen molar-refractivity contribution in [2.45, 2.75) is 26.2 Å². The standard InChI is InChI=1S/C19H21NO3/c1-13-8-9-14(2)16(10-13)11-18(21)20-12-17(19(22)23)15-6-4-3-5-7-15/h3-10,17H,11-12H2,1-2H3,(H,20,21)(H,22,23). The fourth-order valence-corrected chi connectivity index (χ4v) is 2.48. The van der Waals surface area contributed by atoms with Crippen LogP contribution in [0, 0.1) is 13.8 Å². The number of carbonyl (C=O) groups is 2. The molecule has 0 bridgehead atoms. The Balaban J connectivity index is 1.99. The number of benzene rings is 2. The number of aryl methyl sites for hydroxylation is 2. The lowest BCUT2D eigenvalue weighted by molar-refractivity contribution is -0.138. The third-order valence-electron chi connectivity index (χ3n) is 3.86. The van der Waals surface area contributed by atoms with Crippen molar-refractivity contribution in [1.82, 2.24) is 5.32 Å².